The van der Waals surface area contributed by atoms with Crippen LogP contribution in [-0.4, -0.2) is 35.9 Å². The van der Waals surface area contributed by atoms with Crippen LogP contribution in [0.2, 0.25) is 0 Å². The largest absolute Gasteiger partial charge is 0.375 e. The lowest BCUT2D eigenvalue weighted by Gasteiger charge is -2.21. The average molecular weight is 342 g/mol. The van der Waals surface area contributed by atoms with Gasteiger partial charge in [-0.3, -0.25) is 0 Å². The number of rotatable bonds is 3. The van der Waals surface area contributed by atoms with Gasteiger partial charge >= 0.3 is 0 Å². The Morgan fingerprint density at radius 1 is 1.45 bits per heavy atom. The number of aromatic nitrogens is 2. The highest BCUT2D eigenvalue weighted by atomic mass is 79.9. The minimum absolute atomic E-state index is 0.0497. The van der Waals surface area contributed by atoms with Crippen molar-refractivity contribution in [1.82, 2.24) is 15.5 Å². The molecule has 1 aromatic heterocycles. The molecule has 1 N–H and O–H groups in total. The lowest BCUT2D eigenvalue weighted by atomic mass is 10.2. The Bertz CT molecular complexity index is 599. The number of nitrogens with zero attached hydrogens (tertiary/aromatic N) is 2. The Balaban J connectivity index is 1.75. The van der Waals surface area contributed by atoms with E-state index in [2.05, 4.69) is 31.4 Å². The molecule has 1 saturated heterocycles. The molecule has 0 spiro atoms. The van der Waals surface area contributed by atoms with Gasteiger partial charge in [0.05, 0.1) is 19.1 Å². The number of halogens is 2. The summed E-state index contributed by atoms with van der Waals surface area (Å²) < 4.78 is 24.5. The SMILES string of the molecule is Fc1ccc(-c2noc(CC3CNCCO3)n2)c(Br)c1. The fourth-order valence-corrected chi connectivity index (χ4v) is 2.59. The van der Waals surface area contributed by atoms with Crippen LogP contribution in [0.25, 0.3) is 11.4 Å². The molecule has 0 saturated carbocycles. The van der Waals surface area contributed by atoms with Crippen molar-refractivity contribution in [3.8, 4) is 11.4 Å². The zero-order valence-corrected chi connectivity index (χ0v) is 12.2. The molecule has 2 heterocycles. The van der Waals surface area contributed by atoms with E-state index in [1.165, 1.54) is 12.1 Å². The summed E-state index contributed by atoms with van der Waals surface area (Å²) in [4.78, 5) is 4.33. The molecule has 0 radical (unpaired) electrons. The summed E-state index contributed by atoms with van der Waals surface area (Å²) in [5.74, 6) is 0.645. The maximum atomic E-state index is 13.1. The van der Waals surface area contributed by atoms with Gasteiger partial charge < -0.3 is 14.6 Å². The Hall–Kier alpha value is -1.31. The molecule has 106 valence electrons. The van der Waals surface area contributed by atoms with Gasteiger partial charge in [0.2, 0.25) is 11.7 Å². The van der Waals surface area contributed by atoms with Crippen LogP contribution in [0.15, 0.2) is 27.2 Å². The zero-order chi connectivity index (χ0) is 13.9. The number of hydrogen-bond acceptors (Lipinski definition) is 5. The van der Waals surface area contributed by atoms with Gasteiger partial charge in [-0.1, -0.05) is 5.16 Å². The number of nitrogens with one attached hydrogen (secondary N) is 1. The Morgan fingerprint density at radius 3 is 3.10 bits per heavy atom. The van der Waals surface area contributed by atoms with E-state index in [1.807, 2.05) is 0 Å². The van der Waals surface area contributed by atoms with Gasteiger partial charge in [-0.05, 0) is 34.1 Å². The normalized spacial score (nSPS) is 19.2. The maximum absolute atomic E-state index is 13.1. The highest BCUT2D eigenvalue weighted by Gasteiger charge is 2.19. The second-order valence-electron chi connectivity index (χ2n) is 4.54. The molecule has 7 heteroatoms. The van der Waals surface area contributed by atoms with Gasteiger partial charge in [-0.25, -0.2) is 4.39 Å². The Morgan fingerprint density at radius 2 is 2.35 bits per heavy atom. The Labute approximate surface area is 123 Å². The van der Waals surface area contributed by atoms with Gasteiger partial charge in [-0.15, -0.1) is 0 Å². The van der Waals surface area contributed by atoms with Gasteiger partial charge in [-0.2, -0.15) is 4.98 Å². The first kappa shape index (κ1) is 13.7. The summed E-state index contributed by atoms with van der Waals surface area (Å²) in [6.45, 7) is 2.33. The summed E-state index contributed by atoms with van der Waals surface area (Å²) in [6, 6.07) is 4.36. The van der Waals surface area contributed by atoms with Crippen molar-refractivity contribution in [3.05, 3.63) is 34.4 Å². The van der Waals surface area contributed by atoms with Crippen LogP contribution >= 0.6 is 15.9 Å². The summed E-state index contributed by atoms with van der Waals surface area (Å²) >= 11 is 3.30. The van der Waals surface area contributed by atoms with Crippen molar-refractivity contribution in [2.75, 3.05) is 19.7 Å². The van der Waals surface area contributed by atoms with Crippen molar-refractivity contribution in [3.63, 3.8) is 0 Å². The molecule has 2 aromatic rings. The van der Waals surface area contributed by atoms with Crippen molar-refractivity contribution < 1.29 is 13.7 Å². The van der Waals surface area contributed by atoms with E-state index in [0.717, 1.165) is 13.1 Å². The number of hydrogen-bond donors (Lipinski definition) is 1. The highest BCUT2D eigenvalue weighted by Crippen LogP contribution is 2.26. The molecule has 20 heavy (non-hydrogen) atoms. The van der Waals surface area contributed by atoms with Gasteiger partial charge in [0, 0.05) is 23.1 Å². The predicted molar refractivity (Wildman–Crippen MR) is 73.7 cm³/mol. The zero-order valence-electron chi connectivity index (χ0n) is 10.6. The van der Waals surface area contributed by atoms with Crippen LogP contribution in [0.5, 0.6) is 0 Å². The second-order valence-corrected chi connectivity index (χ2v) is 5.39. The van der Waals surface area contributed by atoms with Crippen molar-refractivity contribution in [2.45, 2.75) is 12.5 Å². The predicted octanol–water partition coefficient (Wildman–Crippen LogP) is 2.17. The molecular weight excluding hydrogens is 329 g/mol. The number of ether oxygens (including phenoxy) is 1. The van der Waals surface area contributed by atoms with Gasteiger partial charge in [0.25, 0.3) is 0 Å². The molecule has 0 bridgehead atoms. The van der Waals surface area contributed by atoms with Crippen LogP contribution in [0.3, 0.4) is 0 Å². The van der Waals surface area contributed by atoms with E-state index in [0.29, 0.717) is 34.8 Å². The van der Waals surface area contributed by atoms with E-state index in [9.17, 15) is 4.39 Å². The molecule has 5 nitrogen and oxygen atoms in total. The first-order valence-electron chi connectivity index (χ1n) is 6.33. The molecule has 1 aromatic carbocycles. The maximum Gasteiger partial charge on any atom is 0.229 e. The number of benzene rings is 1. The average Bonchev–Trinajstić information content (AvgIpc) is 2.88. The summed E-state index contributed by atoms with van der Waals surface area (Å²) in [5, 5.41) is 7.17. The minimum atomic E-state index is -0.314. The molecule has 0 aliphatic carbocycles. The monoisotopic (exact) mass is 341 g/mol. The third-order valence-corrected chi connectivity index (χ3v) is 3.70. The number of morpholine rings is 1. The summed E-state index contributed by atoms with van der Waals surface area (Å²) in [6.07, 6.45) is 0.618. The highest BCUT2D eigenvalue weighted by molar-refractivity contribution is 9.10. The molecule has 1 unspecified atom stereocenters. The molecule has 1 atom stereocenters. The van der Waals surface area contributed by atoms with E-state index in [4.69, 9.17) is 9.26 Å². The van der Waals surface area contributed by atoms with Crippen molar-refractivity contribution in [2.24, 2.45) is 0 Å². The first-order valence-corrected chi connectivity index (χ1v) is 7.12. The third-order valence-electron chi connectivity index (χ3n) is 3.05. The standard InChI is InChI=1S/C13H13BrFN3O2/c14-11-5-8(15)1-2-10(11)13-17-12(20-18-13)6-9-7-16-3-4-19-9/h1-2,5,9,16H,3-4,6-7H2. The molecule has 3 rings (SSSR count). The summed E-state index contributed by atoms with van der Waals surface area (Å²) in [5.41, 5.74) is 0.698. The molecule has 1 aliphatic heterocycles. The lowest BCUT2D eigenvalue weighted by Crippen LogP contribution is -2.39. The smallest absolute Gasteiger partial charge is 0.229 e. The van der Waals surface area contributed by atoms with E-state index >= 15 is 0 Å². The Kier molecular flexibility index (Phi) is 4.09. The van der Waals surface area contributed by atoms with E-state index in [1.54, 1.807) is 6.07 Å². The van der Waals surface area contributed by atoms with Crippen LogP contribution in [0.4, 0.5) is 4.39 Å². The van der Waals surface area contributed by atoms with Gasteiger partial charge in [0.1, 0.15) is 5.82 Å². The quantitative estimate of drug-likeness (QED) is 0.926. The summed E-state index contributed by atoms with van der Waals surface area (Å²) in [7, 11) is 0. The van der Waals surface area contributed by atoms with Gasteiger partial charge in [0.15, 0.2) is 0 Å². The van der Waals surface area contributed by atoms with Crippen molar-refractivity contribution >= 4 is 15.9 Å². The van der Waals surface area contributed by atoms with E-state index < -0.39 is 0 Å². The minimum Gasteiger partial charge on any atom is -0.375 e. The van der Waals surface area contributed by atoms with Crippen LogP contribution in [-0.2, 0) is 11.2 Å². The fraction of sp³-hybridized carbons (Fsp3) is 0.385. The van der Waals surface area contributed by atoms with E-state index in [-0.39, 0.29) is 11.9 Å². The van der Waals surface area contributed by atoms with Crippen LogP contribution in [0.1, 0.15) is 5.89 Å². The topological polar surface area (TPSA) is 60.2 Å². The van der Waals surface area contributed by atoms with Crippen molar-refractivity contribution in [1.29, 1.82) is 0 Å². The third kappa shape index (κ3) is 3.05. The second kappa shape index (κ2) is 5.99. The first-order chi connectivity index (χ1) is 9.72. The molecule has 1 fully saturated rings. The molecular formula is C13H13BrFN3O2. The fourth-order valence-electron chi connectivity index (χ4n) is 2.06. The van der Waals surface area contributed by atoms with Crippen LogP contribution in [0, 0.1) is 5.82 Å². The molecule has 0 amide bonds. The lowest BCUT2D eigenvalue weighted by molar-refractivity contribution is 0.0246. The van der Waals surface area contributed by atoms with Crippen LogP contribution < -0.4 is 5.32 Å². The molecule has 1 aliphatic rings.